The van der Waals surface area contributed by atoms with Gasteiger partial charge in [0, 0.05) is 46.1 Å². The molecule has 1 aromatic carbocycles. The molecule has 3 heterocycles. The number of carboxylic acid groups (broad SMARTS) is 1. The minimum Gasteiger partial charge on any atom is -0.494 e. The highest BCUT2D eigenvalue weighted by Gasteiger charge is 2.32. The average Bonchev–Trinajstić information content (AvgIpc) is 3.45. The van der Waals surface area contributed by atoms with Crippen LogP contribution in [-0.4, -0.2) is 29.3 Å². The molecule has 2 aromatic heterocycles. The summed E-state index contributed by atoms with van der Waals surface area (Å²) in [5.74, 6) is -0.558. The maximum Gasteiger partial charge on any atom is 0.341 e. The number of nitrogens with one attached hydrogen (secondary N) is 1. The molecule has 1 aliphatic heterocycles. The fraction of sp³-hybridized carbons (Fsp3) is 0.391. The van der Waals surface area contributed by atoms with E-state index in [-0.39, 0.29) is 17.0 Å². The predicted molar refractivity (Wildman–Crippen MR) is 118 cm³/mol. The minimum absolute atomic E-state index is 0.0545. The molecule has 1 fully saturated rings. The fourth-order valence-electron chi connectivity index (χ4n) is 4.46. The summed E-state index contributed by atoms with van der Waals surface area (Å²) in [5.41, 5.74) is 2.38. The van der Waals surface area contributed by atoms with E-state index in [9.17, 15) is 14.7 Å². The van der Waals surface area contributed by atoms with E-state index >= 15 is 0 Å². The third kappa shape index (κ3) is 2.87. The molecule has 0 bridgehead atoms. The van der Waals surface area contributed by atoms with Gasteiger partial charge in [-0.05, 0) is 36.6 Å². The molecule has 2 N–H and O–H groups in total. The van der Waals surface area contributed by atoms with Crippen molar-refractivity contribution in [3.63, 3.8) is 0 Å². The van der Waals surface area contributed by atoms with Crippen LogP contribution in [-0.2, 0) is 12.0 Å². The number of aromatic carboxylic acids is 1. The molecule has 0 unspecified atom stereocenters. The molecule has 5 rings (SSSR count). The third-order valence-electron chi connectivity index (χ3n) is 6.18. The molecule has 0 atom stereocenters. The summed E-state index contributed by atoms with van der Waals surface area (Å²) in [6.45, 7) is 6.27. The van der Waals surface area contributed by atoms with Crippen LogP contribution in [0.4, 0.5) is 0 Å². The Hall–Kier alpha value is -2.64. The second kappa shape index (κ2) is 6.68. The Morgan fingerprint density at radius 3 is 2.73 bits per heavy atom. The number of methoxy groups -OCH3 is 1. The number of carbonyl (C=O) groups is 1. The number of aromatic nitrogens is 1. The van der Waals surface area contributed by atoms with Crippen LogP contribution < -0.4 is 15.5 Å². The van der Waals surface area contributed by atoms with Gasteiger partial charge in [0.1, 0.15) is 5.56 Å². The first-order valence-corrected chi connectivity index (χ1v) is 11.0. The Morgan fingerprint density at radius 1 is 1.33 bits per heavy atom. The van der Waals surface area contributed by atoms with Crippen molar-refractivity contribution < 1.29 is 14.6 Å². The molecule has 1 aliphatic carbocycles. The van der Waals surface area contributed by atoms with Crippen LogP contribution in [0.15, 0.2) is 29.2 Å². The molecule has 0 radical (unpaired) electrons. The van der Waals surface area contributed by atoms with Gasteiger partial charge in [0.2, 0.25) is 5.43 Å². The molecule has 3 aromatic rings. The summed E-state index contributed by atoms with van der Waals surface area (Å²) >= 11 is 1.75. The van der Waals surface area contributed by atoms with Crippen LogP contribution >= 0.6 is 11.3 Å². The Balaban J connectivity index is 1.79. The summed E-state index contributed by atoms with van der Waals surface area (Å²) in [6, 6.07) is 6.09. The van der Waals surface area contributed by atoms with Crippen LogP contribution in [0.1, 0.15) is 53.5 Å². The van der Waals surface area contributed by atoms with Crippen LogP contribution in [0.5, 0.6) is 5.75 Å². The molecule has 0 saturated heterocycles. The van der Waals surface area contributed by atoms with Crippen LogP contribution in [0.25, 0.3) is 21.3 Å². The summed E-state index contributed by atoms with van der Waals surface area (Å²) < 4.78 is 7.79. The summed E-state index contributed by atoms with van der Waals surface area (Å²) in [5, 5.41) is 13.4. The van der Waals surface area contributed by atoms with E-state index in [0.29, 0.717) is 16.7 Å². The maximum absolute atomic E-state index is 12.9. The molecule has 2 aliphatic rings. The molecule has 1 saturated carbocycles. The van der Waals surface area contributed by atoms with Crippen LogP contribution in [0.2, 0.25) is 0 Å². The standard InChI is InChI=1S/C23H24N2O4S/c1-23(2)11-24-9-18-16(23)8-17(30-18)13-6-7-14-19(21(13)29-3)25(12-4-5-12)10-15(20(14)26)22(27)28/h6-8,10,12,24H,4-5,9,11H2,1-3H3,(H,27,28). The molecule has 7 heteroatoms. The van der Waals surface area contributed by atoms with E-state index < -0.39 is 11.4 Å². The van der Waals surface area contributed by atoms with Gasteiger partial charge in [-0.2, -0.15) is 0 Å². The van der Waals surface area contributed by atoms with E-state index in [1.54, 1.807) is 24.5 Å². The first-order chi connectivity index (χ1) is 14.3. The minimum atomic E-state index is -1.19. The number of hydrogen-bond acceptors (Lipinski definition) is 5. The first kappa shape index (κ1) is 19.3. The Labute approximate surface area is 178 Å². The predicted octanol–water partition coefficient (Wildman–Crippen LogP) is 4.15. The third-order valence-corrected chi connectivity index (χ3v) is 7.35. The van der Waals surface area contributed by atoms with Gasteiger partial charge in [-0.15, -0.1) is 11.3 Å². The normalized spacial score (nSPS) is 17.7. The second-order valence-electron chi connectivity index (χ2n) is 8.79. The van der Waals surface area contributed by atoms with Gasteiger partial charge in [-0.3, -0.25) is 4.79 Å². The molecule has 0 amide bonds. The molecule has 0 spiro atoms. The molecule has 6 nitrogen and oxygen atoms in total. The number of ether oxygens (including phenoxy) is 1. The van der Waals surface area contributed by atoms with Gasteiger partial charge >= 0.3 is 5.97 Å². The second-order valence-corrected chi connectivity index (χ2v) is 9.93. The monoisotopic (exact) mass is 424 g/mol. The van der Waals surface area contributed by atoms with Crippen molar-refractivity contribution >= 4 is 28.2 Å². The molecule has 30 heavy (non-hydrogen) atoms. The Morgan fingerprint density at radius 2 is 2.10 bits per heavy atom. The Kier molecular flexibility index (Phi) is 4.31. The van der Waals surface area contributed by atoms with E-state index in [4.69, 9.17) is 4.74 Å². The number of thiophene rings is 1. The van der Waals surface area contributed by atoms with Crippen molar-refractivity contribution in [3.8, 4) is 16.2 Å². The zero-order valence-corrected chi connectivity index (χ0v) is 18.1. The number of carboxylic acids is 1. The summed E-state index contributed by atoms with van der Waals surface area (Å²) in [7, 11) is 1.62. The highest BCUT2D eigenvalue weighted by atomic mass is 32.1. The zero-order valence-electron chi connectivity index (χ0n) is 17.2. The highest BCUT2D eigenvalue weighted by molar-refractivity contribution is 7.15. The number of nitrogens with zero attached hydrogens (tertiary/aromatic N) is 1. The molecule has 156 valence electrons. The summed E-state index contributed by atoms with van der Waals surface area (Å²) in [6.07, 6.45) is 3.43. The van der Waals surface area contributed by atoms with Gasteiger partial charge in [-0.25, -0.2) is 4.79 Å². The number of benzene rings is 1. The first-order valence-electron chi connectivity index (χ1n) is 10.1. The SMILES string of the molecule is COc1c(-c2cc3c(s2)CNCC3(C)C)ccc2c(=O)c(C(=O)O)cn(C3CC3)c12. The highest BCUT2D eigenvalue weighted by Crippen LogP contribution is 2.46. The summed E-state index contributed by atoms with van der Waals surface area (Å²) in [4.78, 5) is 26.9. The van der Waals surface area contributed by atoms with E-state index in [1.165, 1.54) is 16.6 Å². The lowest BCUT2D eigenvalue weighted by molar-refractivity contribution is 0.0695. The molecular formula is C23H24N2O4S. The lowest BCUT2D eigenvalue weighted by Gasteiger charge is -2.30. The topological polar surface area (TPSA) is 80.6 Å². The zero-order chi connectivity index (χ0) is 21.2. The van der Waals surface area contributed by atoms with Crippen LogP contribution in [0.3, 0.4) is 0 Å². The van der Waals surface area contributed by atoms with Gasteiger partial charge in [0.25, 0.3) is 0 Å². The smallest absolute Gasteiger partial charge is 0.341 e. The number of rotatable bonds is 4. The van der Waals surface area contributed by atoms with Crippen LogP contribution in [0, 0.1) is 0 Å². The lowest BCUT2D eigenvalue weighted by atomic mass is 9.82. The van der Waals surface area contributed by atoms with E-state index in [0.717, 1.165) is 36.4 Å². The van der Waals surface area contributed by atoms with E-state index in [1.807, 2.05) is 10.6 Å². The number of pyridine rings is 1. The van der Waals surface area contributed by atoms with Crippen molar-refractivity contribution in [3.05, 3.63) is 50.6 Å². The number of hydrogen-bond donors (Lipinski definition) is 2. The quantitative estimate of drug-likeness (QED) is 0.658. The van der Waals surface area contributed by atoms with Crippen molar-refractivity contribution in [2.75, 3.05) is 13.7 Å². The maximum atomic E-state index is 12.9. The largest absolute Gasteiger partial charge is 0.494 e. The van der Waals surface area contributed by atoms with Gasteiger partial charge in [0.05, 0.1) is 18.0 Å². The van der Waals surface area contributed by atoms with Gasteiger partial charge in [-0.1, -0.05) is 13.8 Å². The average molecular weight is 425 g/mol. The van der Waals surface area contributed by atoms with E-state index in [2.05, 4.69) is 25.2 Å². The van der Waals surface area contributed by atoms with Crippen molar-refractivity contribution in [2.45, 2.75) is 44.7 Å². The van der Waals surface area contributed by atoms with Crippen molar-refractivity contribution in [2.24, 2.45) is 0 Å². The Bertz CT molecular complexity index is 1250. The van der Waals surface area contributed by atoms with Gasteiger partial charge < -0.3 is 19.7 Å². The fourth-order valence-corrected chi connectivity index (χ4v) is 5.79. The molecular weight excluding hydrogens is 400 g/mol. The van der Waals surface area contributed by atoms with Crippen molar-refractivity contribution in [1.82, 2.24) is 9.88 Å². The lowest BCUT2D eigenvalue weighted by Crippen LogP contribution is -2.37. The van der Waals surface area contributed by atoms with Crippen molar-refractivity contribution in [1.29, 1.82) is 0 Å². The van der Waals surface area contributed by atoms with Gasteiger partial charge in [0.15, 0.2) is 5.75 Å². The number of fused-ring (bicyclic) bond motifs is 2.